The third-order valence-electron chi connectivity index (χ3n) is 18.5. The van der Waals surface area contributed by atoms with Gasteiger partial charge in [0.1, 0.15) is 33.5 Å². The number of hydrogen-bond acceptors (Lipinski definition) is 29. The number of imidazole rings is 4. The summed E-state index contributed by atoms with van der Waals surface area (Å²) in [6, 6.07) is 15.0. The van der Waals surface area contributed by atoms with Gasteiger partial charge in [0.2, 0.25) is 59.6 Å². The summed E-state index contributed by atoms with van der Waals surface area (Å²) in [6.45, 7) is 21.0. The van der Waals surface area contributed by atoms with E-state index in [1.54, 1.807) is 42.0 Å². The van der Waals surface area contributed by atoms with Crippen LogP contribution in [0.1, 0.15) is 157 Å². The number of nitrogens with zero attached hydrogens (tertiary/aromatic N) is 16. The van der Waals surface area contributed by atoms with Crippen LogP contribution in [0, 0.1) is 5.92 Å². The lowest BCUT2D eigenvalue weighted by atomic mass is 9.97. The van der Waals surface area contributed by atoms with Crippen LogP contribution in [0.25, 0.3) is 44.7 Å². The van der Waals surface area contributed by atoms with E-state index in [1.807, 2.05) is 69.3 Å². The number of unbranched alkanes of at least 4 members (excludes halogenated alkanes) is 5. The molecule has 122 heavy (non-hydrogen) atoms. The van der Waals surface area contributed by atoms with E-state index in [-0.39, 0.29) is 98.0 Å². The molecule has 0 radical (unpaired) electrons. The standard InChI is InChI=1S/C17H20ClN5O2.C14H13ClN4O2.C12H19FO5.C12H17N5O3.C10H15N5O2.C9H12ClN5O.C4H9Br/c1-3-4-9-22-13-14(18)20-16(19)21-15(13)23(17(22)24)10-11-5-7-12(25-2)8-6-11;1-21-9-4-2-8(3-5-9)7-19-11(20)6-10-12(15)17-14(16)18-13(10)19;1-5-6(2)10-9(13)11(16-7(3)14)12(18-10)17-8(4)15;1-4-5-6-17-8-9(15-12(17)19)14-11(13-7(2)18)16-10(8)20-3;1-3-4-5-15-6-7(13-10(15)16)12-9(11)14-8(6)17-2;1-2-3-4-15-5-6(10)12-8(11)13-7(5)14-9(15)16;1-2-3-4-5/h5-8H,3-4,9-10H2,1-2H3,(H2,19,20,21);2-5H,6-7H2,1H3,(H2,16,17,18);6,9-12H,5H2,1-4H3;4-6H2,1-3H3,(H2,13,14,15,16,18,19);3-5H2,1-2H3,(H3,11,12,13,14,16);2-4H2,1H3,(H3,11,12,13,14,16);2-4H2,1H3/t;;6-,9-,10+,11+,12-;;;;/m..0..../s1. The summed E-state index contributed by atoms with van der Waals surface area (Å²) in [5, 5.41) is 4.27. The highest BCUT2D eigenvalue weighted by atomic mass is 79.9. The van der Waals surface area contributed by atoms with Gasteiger partial charge in [0, 0.05) is 57.8 Å². The molecule has 2 aromatic carbocycles. The van der Waals surface area contributed by atoms with Crippen LogP contribution in [-0.2, 0) is 79.1 Å². The summed E-state index contributed by atoms with van der Waals surface area (Å²) in [4.78, 5) is 143. The number of anilines is 6. The molecule has 5 atom stereocenters. The smallest absolute Gasteiger partial charge is 0.330 e. The molecule has 11 aromatic rings. The number of alkyl halides is 2. The van der Waals surface area contributed by atoms with Gasteiger partial charge in [-0.1, -0.05) is 162 Å². The first-order valence-corrected chi connectivity index (χ1v) is 41.6. The number of halogens is 5. The van der Waals surface area contributed by atoms with Crippen LogP contribution >= 0.6 is 50.7 Å². The second-order valence-electron chi connectivity index (χ2n) is 27.6. The molecule has 11 heterocycles. The maximum Gasteiger partial charge on any atom is 0.330 e. The van der Waals surface area contributed by atoms with Crippen LogP contribution < -0.4 is 74.9 Å². The third-order valence-corrected chi connectivity index (χ3v) is 19.9. The molecule has 2 aliphatic rings. The lowest BCUT2D eigenvalue weighted by molar-refractivity contribution is -0.196. The van der Waals surface area contributed by atoms with E-state index in [0.717, 1.165) is 79.3 Å². The Labute approximate surface area is 724 Å². The number of methoxy groups -OCH3 is 4. The van der Waals surface area contributed by atoms with Gasteiger partial charge in [0.15, 0.2) is 56.2 Å². The van der Waals surface area contributed by atoms with Gasteiger partial charge >= 0.3 is 34.7 Å². The van der Waals surface area contributed by atoms with E-state index >= 15 is 0 Å². The van der Waals surface area contributed by atoms with E-state index in [2.05, 4.69) is 114 Å². The zero-order valence-electron chi connectivity index (χ0n) is 70.4. The summed E-state index contributed by atoms with van der Waals surface area (Å²) in [6.07, 6.45) is 6.38. The molecule has 1 fully saturated rings. The molecular formula is C78H105BrCl3FN24O15. The number of rotatable bonds is 27. The Kier molecular flexibility index (Phi) is 37.6. The van der Waals surface area contributed by atoms with Gasteiger partial charge in [0.05, 0.1) is 54.1 Å². The highest BCUT2D eigenvalue weighted by Gasteiger charge is 2.51. The number of hydrogen-bond donors (Lipinski definition) is 8. The first kappa shape index (κ1) is 97.6. The fourth-order valence-electron chi connectivity index (χ4n) is 12.3. The van der Waals surface area contributed by atoms with E-state index in [9.17, 15) is 42.7 Å². The number of H-pyrrole nitrogens is 3. The molecule has 0 saturated carbocycles. The number of nitrogen functional groups attached to an aromatic ring is 4. The van der Waals surface area contributed by atoms with Gasteiger partial charge < -0.3 is 56.1 Å². The summed E-state index contributed by atoms with van der Waals surface area (Å²) < 4.78 is 57.7. The highest BCUT2D eigenvalue weighted by Crippen LogP contribution is 2.36. The van der Waals surface area contributed by atoms with Crippen molar-refractivity contribution < 1.29 is 56.7 Å². The number of amides is 2. The Bertz CT molecular complexity index is 5600. The predicted molar refractivity (Wildman–Crippen MR) is 467 cm³/mol. The van der Waals surface area contributed by atoms with E-state index in [0.29, 0.717) is 108 Å². The molecule has 0 spiro atoms. The summed E-state index contributed by atoms with van der Waals surface area (Å²) in [5.74, 6) is 1.30. The van der Waals surface area contributed by atoms with Crippen molar-refractivity contribution in [1.29, 1.82) is 0 Å². The molecule has 44 heteroatoms. The van der Waals surface area contributed by atoms with Crippen molar-refractivity contribution in [1.82, 2.24) is 87.6 Å². The Hall–Kier alpha value is -11.6. The van der Waals surface area contributed by atoms with E-state index < -0.39 is 36.6 Å². The molecule has 13 rings (SSSR count). The van der Waals surface area contributed by atoms with Gasteiger partial charge in [-0.25, -0.2) is 28.6 Å². The maximum absolute atomic E-state index is 14.2. The monoisotopic (exact) mass is 1820 g/mol. The molecule has 2 aliphatic heterocycles. The van der Waals surface area contributed by atoms with E-state index in [4.69, 9.17) is 90.9 Å². The van der Waals surface area contributed by atoms with Gasteiger partial charge in [-0.2, -0.15) is 44.9 Å². The molecule has 0 unspecified atom stereocenters. The lowest BCUT2D eigenvalue weighted by Gasteiger charge is -2.19. The lowest BCUT2D eigenvalue weighted by Crippen LogP contribution is -2.36. The Morgan fingerprint density at radius 3 is 1.43 bits per heavy atom. The molecular weight excluding hydrogens is 1720 g/mol. The number of esters is 2. The van der Waals surface area contributed by atoms with Crippen molar-refractivity contribution in [2.75, 3.05) is 66.9 Å². The maximum atomic E-state index is 14.2. The topological polar surface area (TPSA) is 521 Å². The van der Waals surface area contributed by atoms with Crippen molar-refractivity contribution in [2.45, 2.75) is 210 Å². The number of aryl methyl sites for hydroxylation is 4. The Morgan fingerprint density at radius 1 is 0.541 bits per heavy atom. The molecule has 662 valence electrons. The number of aromatic nitrogens is 18. The normalized spacial score (nSPS) is 14.5. The van der Waals surface area contributed by atoms with Crippen molar-refractivity contribution in [2.24, 2.45) is 5.92 Å². The van der Waals surface area contributed by atoms with Crippen molar-refractivity contribution >= 4 is 155 Å². The minimum Gasteiger partial charge on any atom is -0.497 e. The van der Waals surface area contributed by atoms with Crippen LogP contribution in [0.2, 0.25) is 15.5 Å². The first-order chi connectivity index (χ1) is 58.3. The predicted octanol–water partition coefficient (Wildman–Crippen LogP) is 10.8. The second-order valence-corrected chi connectivity index (χ2v) is 29.4. The zero-order valence-corrected chi connectivity index (χ0v) is 74.3. The molecule has 2 amide bonds. The molecule has 0 aliphatic carbocycles. The van der Waals surface area contributed by atoms with Crippen LogP contribution in [-0.4, -0.2) is 170 Å². The number of carbonyl (C=O) groups is 4. The molecule has 12 N–H and O–H groups in total. The average Bonchev–Trinajstić information content (AvgIpc) is 1.62. The Morgan fingerprint density at radius 2 is 0.975 bits per heavy atom. The minimum atomic E-state index is -1.49. The number of fused-ring (bicyclic) bond motifs is 5. The van der Waals surface area contributed by atoms with Gasteiger partial charge in [-0.15, -0.1) is 0 Å². The number of nitrogens with one attached hydrogen (secondary N) is 4. The van der Waals surface area contributed by atoms with Crippen LogP contribution in [0.4, 0.5) is 39.9 Å². The molecule has 9 aromatic heterocycles. The fraction of sp³-hybridized carbons (Fsp3) is 0.487. The summed E-state index contributed by atoms with van der Waals surface area (Å²) in [7, 11) is 6.17. The summed E-state index contributed by atoms with van der Waals surface area (Å²) >= 11 is 21.5. The van der Waals surface area contributed by atoms with Gasteiger partial charge in [0.25, 0.3) is 0 Å². The number of benzene rings is 2. The SMILES string of the molecule is CCCCBr.CCCCn1c(=O)[nH]c2nc(N)nc(Cl)c21.CCCCn1c(=O)[nH]c2nc(N)nc(OC)c21.CCCCn1c(=O)[nH]c2nc(NC(C)=O)nc(OC)c21.CCCCn1c(=O)n(Cc2ccc(OC)cc2)c2nc(N)nc(Cl)c21.CC[C@H](C)[C@H]1O[C@H](OC(C)=O)[C@H](OC(C)=O)[C@H]1F.COc1ccc(CN2C(=O)Cc3c(Cl)nc(N)nc32)cc1. The average molecular weight is 1820 g/mol. The van der Waals surface area contributed by atoms with Gasteiger partial charge in [-0.05, 0) is 73.4 Å². The quantitative estimate of drug-likeness (QED) is 0.0135. The van der Waals surface area contributed by atoms with Crippen LogP contribution in [0.5, 0.6) is 23.3 Å². The van der Waals surface area contributed by atoms with E-state index in [1.165, 1.54) is 47.8 Å². The first-order valence-electron chi connectivity index (χ1n) is 39.3. The van der Waals surface area contributed by atoms with Crippen LogP contribution in [0.15, 0.2) is 67.7 Å². The fourth-order valence-corrected chi connectivity index (χ4v) is 13.6. The van der Waals surface area contributed by atoms with Crippen molar-refractivity contribution in [3.63, 3.8) is 0 Å². The number of carbonyl (C=O) groups excluding carboxylic acids is 4. The zero-order chi connectivity index (χ0) is 89.8. The highest BCUT2D eigenvalue weighted by molar-refractivity contribution is 9.09. The van der Waals surface area contributed by atoms with Crippen LogP contribution in [0.3, 0.4) is 0 Å². The minimum absolute atomic E-state index is 0.0497. The molecule has 39 nitrogen and oxygen atoms in total. The number of ether oxygens (including phenoxy) is 7. The Balaban J connectivity index is 0.000000200. The van der Waals surface area contributed by atoms with Crippen molar-refractivity contribution in [3.05, 3.63) is 123 Å². The van der Waals surface area contributed by atoms with Crippen molar-refractivity contribution in [3.8, 4) is 23.3 Å². The van der Waals surface area contributed by atoms with Gasteiger partial charge in [-0.3, -0.25) is 67.2 Å². The number of aromatic amines is 3. The molecule has 0 bridgehead atoms. The summed E-state index contributed by atoms with van der Waals surface area (Å²) in [5.41, 5.74) is 27.7. The largest absolute Gasteiger partial charge is 0.497 e. The second kappa shape index (κ2) is 47.0. The number of nitrogens with two attached hydrogens (primary N) is 4. The molecule has 1 saturated heterocycles. The third kappa shape index (κ3) is 25.8.